The van der Waals surface area contributed by atoms with E-state index in [1.165, 1.54) is 0 Å². The summed E-state index contributed by atoms with van der Waals surface area (Å²) in [6.45, 7) is 2.11. The van der Waals surface area contributed by atoms with Crippen LogP contribution in [-0.4, -0.2) is 43.1 Å². The molecule has 1 saturated heterocycles. The van der Waals surface area contributed by atoms with Crippen LogP contribution in [0.3, 0.4) is 0 Å². The van der Waals surface area contributed by atoms with Crippen LogP contribution < -0.4 is 5.56 Å². The van der Waals surface area contributed by atoms with Gasteiger partial charge in [0.1, 0.15) is 4.32 Å². The van der Waals surface area contributed by atoms with Crippen molar-refractivity contribution in [3.8, 4) is 0 Å². The van der Waals surface area contributed by atoms with Crippen molar-refractivity contribution in [3.05, 3.63) is 34.2 Å². The molecule has 1 aromatic heterocycles. The summed E-state index contributed by atoms with van der Waals surface area (Å²) in [4.78, 5) is 36.4. The minimum Gasteiger partial charge on any atom is -0.481 e. The molecule has 2 aliphatic rings. The van der Waals surface area contributed by atoms with Crippen molar-refractivity contribution >= 4 is 39.4 Å². The van der Waals surface area contributed by atoms with E-state index in [9.17, 15) is 14.4 Å². The molecule has 2 atom stereocenters. The van der Waals surface area contributed by atoms with Crippen LogP contribution >= 0.6 is 24.0 Å². The zero-order valence-electron chi connectivity index (χ0n) is 13.0. The average molecular weight is 366 g/mol. The van der Waals surface area contributed by atoms with Crippen LogP contribution in [0.2, 0.25) is 0 Å². The number of carboxylic acids is 1. The quantitative estimate of drug-likeness (QED) is 0.815. The lowest BCUT2D eigenvalue weighted by atomic mass is 9.83. The highest BCUT2D eigenvalue weighted by atomic mass is 32.2. The highest BCUT2D eigenvalue weighted by Gasteiger charge is 2.35. The first-order valence-corrected chi connectivity index (χ1v) is 9.07. The first-order chi connectivity index (χ1) is 11.4. The zero-order chi connectivity index (χ0) is 17.3. The Balaban J connectivity index is 1.66. The van der Waals surface area contributed by atoms with Gasteiger partial charge in [-0.25, -0.2) is 0 Å². The van der Waals surface area contributed by atoms with Gasteiger partial charge < -0.3 is 14.6 Å². The van der Waals surface area contributed by atoms with Gasteiger partial charge in [-0.3, -0.25) is 14.4 Å². The van der Waals surface area contributed by atoms with Crippen molar-refractivity contribution < 1.29 is 14.7 Å². The number of aromatic nitrogens is 1. The third-order valence-electron chi connectivity index (χ3n) is 4.48. The van der Waals surface area contributed by atoms with Crippen LogP contribution in [0.1, 0.15) is 30.9 Å². The summed E-state index contributed by atoms with van der Waals surface area (Å²) in [5, 5.41) is 8.42. The van der Waals surface area contributed by atoms with Crippen LogP contribution in [0, 0.1) is 5.92 Å². The monoisotopic (exact) mass is 366 g/mol. The lowest BCUT2D eigenvalue weighted by Crippen LogP contribution is -2.48. The standard InChI is InChI=1S/C16H18N2O4S2/c19-13-3-1-2-12-11-6-10(8-18(12)13)7-17(9-11)16(23)24-15(22)5-4-14(20)21/h1-3,10-11H,4-9H2,(H,20,21)/t10-,11-/m0/s1. The number of carbonyl (C=O) groups is 2. The molecule has 0 spiro atoms. The number of hydrogen-bond donors (Lipinski definition) is 1. The molecule has 1 N–H and O–H groups in total. The van der Waals surface area contributed by atoms with Gasteiger partial charge in [0, 0.05) is 43.7 Å². The van der Waals surface area contributed by atoms with Gasteiger partial charge in [0.05, 0.1) is 6.42 Å². The average Bonchev–Trinajstić information content (AvgIpc) is 2.54. The van der Waals surface area contributed by atoms with E-state index < -0.39 is 5.97 Å². The molecule has 3 heterocycles. The maximum Gasteiger partial charge on any atom is 0.303 e. The predicted octanol–water partition coefficient (Wildman–Crippen LogP) is 1.68. The second-order valence-electron chi connectivity index (χ2n) is 6.24. The Morgan fingerprint density at radius 2 is 2.04 bits per heavy atom. The summed E-state index contributed by atoms with van der Waals surface area (Å²) in [7, 11) is 0. The Morgan fingerprint density at radius 1 is 1.25 bits per heavy atom. The fourth-order valence-corrected chi connectivity index (χ4v) is 4.57. The van der Waals surface area contributed by atoms with Gasteiger partial charge in [-0.1, -0.05) is 18.3 Å². The summed E-state index contributed by atoms with van der Waals surface area (Å²) in [6.07, 6.45) is 0.843. The van der Waals surface area contributed by atoms with Crippen LogP contribution in [0.4, 0.5) is 0 Å². The number of nitrogens with zero attached hydrogens (tertiary/aromatic N) is 2. The van der Waals surface area contributed by atoms with Gasteiger partial charge in [0.25, 0.3) is 5.56 Å². The number of aliphatic carboxylic acids is 1. The van der Waals surface area contributed by atoms with E-state index in [1.54, 1.807) is 12.1 Å². The Bertz CT molecular complexity index is 746. The molecular formula is C16H18N2O4S2. The molecule has 0 amide bonds. The van der Waals surface area contributed by atoms with Gasteiger partial charge >= 0.3 is 5.97 Å². The smallest absolute Gasteiger partial charge is 0.303 e. The second kappa shape index (κ2) is 7.06. The van der Waals surface area contributed by atoms with Crippen LogP contribution in [0.5, 0.6) is 0 Å². The molecule has 3 rings (SSSR count). The van der Waals surface area contributed by atoms with E-state index in [2.05, 4.69) is 0 Å². The van der Waals surface area contributed by atoms with Crippen molar-refractivity contribution in [2.75, 3.05) is 13.1 Å². The van der Waals surface area contributed by atoms with Gasteiger partial charge in [0.2, 0.25) is 0 Å². The molecule has 1 aromatic rings. The number of thioether (sulfide) groups is 1. The van der Waals surface area contributed by atoms with Gasteiger partial charge in [-0.05, 0) is 30.2 Å². The number of fused-ring (bicyclic) bond motifs is 4. The normalized spacial score (nSPS) is 21.9. The molecule has 0 radical (unpaired) electrons. The van der Waals surface area contributed by atoms with Crippen molar-refractivity contribution in [2.45, 2.75) is 31.7 Å². The first-order valence-electron chi connectivity index (χ1n) is 7.85. The lowest BCUT2D eigenvalue weighted by Gasteiger charge is -2.43. The van der Waals surface area contributed by atoms with Crippen LogP contribution in [0.25, 0.3) is 0 Å². The van der Waals surface area contributed by atoms with E-state index in [-0.39, 0.29) is 29.4 Å². The minimum absolute atomic E-state index is 0.0148. The molecule has 8 heteroatoms. The summed E-state index contributed by atoms with van der Waals surface area (Å²) >= 11 is 6.34. The summed E-state index contributed by atoms with van der Waals surface area (Å²) in [6, 6.07) is 5.36. The largest absolute Gasteiger partial charge is 0.481 e. The minimum atomic E-state index is -0.982. The zero-order valence-corrected chi connectivity index (χ0v) is 14.6. The second-order valence-corrected chi connectivity index (χ2v) is 7.93. The molecular weight excluding hydrogens is 348 g/mol. The Labute approximate surface area is 148 Å². The molecule has 6 nitrogen and oxygen atoms in total. The number of rotatable bonds is 3. The van der Waals surface area contributed by atoms with Crippen LogP contribution in [0.15, 0.2) is 23.0 Å². The maximum atomic E-state index is 12.0. The number of carboxylic acid groups (broad SMARTS) is 1. The Morgan fingerprint density at radius 3 is 2.79 bits per heavy atom. The van der Waals surface area contributed by atoms with Crippen LogP contribution in [-0.2, 0) is 16.1 Å². The van der Waals surface area contributed by atoms with E-state index in [0.717, 1.165) is 30.4 Å². The van der Waals surface area contributed by atoms with E-state index in [1.807, 2.05) is 15.5 Å². The predicted molar refractivity (Wildman–Crippen MR) is 95.2 cm³/mol. The SMILES string of the molecule is O=C(O)CCC(=O)SC(=S)N1C[C@@H]2C[C@@H](C1)c1cccc(=O)n1C2. The molecule has 24 heavy (non-hydrogen) atoms. The fourth-order valence-electron chi connectivity index (χ4n) is 3.47. The molecule has 0 aliphatic carbocycles. The third-order valence-corrected chi connectivity index (χ3v) is 5.85. The third kappa shape index (κ3) is 3.70. The maximum absolute atomic E-state index is 12.0. The van der Waals surface area contributed by atoms with Crippen molar-refractivity contribution in [1.82, 2.24) is 9.47 Å². The van der Waals surface area contributed by atoms with Gasteiger partial charge in [-0.15, -0.1) is 0 Å². The fraction of sp³-hybridized carbons (Fsp3) is 0.500. The van der Waals surface area contributed by atoms with Crippen molar-refractivity contribution in [2.24, 2.45) is 5.92 Å². The van der Waals surface area contributed by atoms with Crippen molar-refractivity contribution in [3.63, 3.8) is 0 Å². The topological polar surface area (TPSA) is 79.6 Å². The van der Waals surface area contributed by atoms with Gasteiger partial charge in [0.15, 0.2) is 5.12 Å². The molecule has 0 aromatic carbocycles. The summed E-state index contributed by atoms with van der Waals surface area (Å²) < 4.78 is 2.36. The molecule has 128 valence electrons. The number of pyridine rings is 1. The first kappa shape index (κ1) is 17.2. The van der Waals surface area contributed by atoms with E-state index in [0.29, 0.717) is 23.3 Å². The molecule has 0 saturated carbocycles. The van der Waals surface area contributed by atoms with E-state index >= 15 is 0 Å². The molecule has 1 fully saturated rings. The van der Waals surface area contributed by atoms with E-state index in [4.69, 9.17) is 17.3 Å². The summed E-state index contributed by atoms with van der Waals surface area (Å²) in [5.41, 5.74) is 1.07. The summed E-state index contributed by atoms with van der Waals surface area (Å²) in [5.74, 6) is -0.410. The number of likely N-dealkylation sites (tertiary alicyclic amines) is 1. The molecule has 2 bridgehead atoms. The highest BCUT2D eigenvalue weighted by molar-refractivity contribution is 8.32. The van der Waals surface area contributed by atoms with Gasteiger partial charge in [-0.2, -0.15) is 0 Å². The molecule has 2 aliphatic heterocycles. The van der Waals surface area contributed by atoms with Crippen molar-refractivity contribution in [1.29, 1.82) is 0 Å². The number of thiocarbonyl (C=S) groups is 1. The number of hydrogen-bond acceptors (Lipinski definition) is 5. The Kier molecular flexibility index (Phi) is 5.05. The lowest BCUT2D eigenvalue weighted by molar-refractivity contribution is -0.137. The Hall–Kier alpha value is -1.67. The highest BCUT2D eigenvalue weighted by Crippen LogP contribution is 2.36. The number of piperidine rings is 1. The molecule has 0 unspecified atom stereocenters. The number of carbonyl (C=O) groups excluding carboxylic acids is 1.